The summed E-state index contributed by atoms with van der Waals surface area (Å²) < 4.78 is 40.4. The van der Waals surface area contributed by atoms with Crippen molar-refractivity contribution < 1.29 is 17.6 Å². The zero-order valence-electron chi connectivity index (χ0n) is 12.9. The molecule has 0 aliphatic heterocycles. The second-order valence-corrected chi connectivity index (χ2v) is 7.28. The Morgan fingerprint density at radius 1 is 1.33 bits per heavy atom. The zero-order chi connectivity index (χ0) is 17.3. The summed E-state index contributed by atoms with van der Waals surface area (Å²) in [4.78, 5) is 15.9. The van der Waals surface area contributed by atoms with Gasteiger partial charge in [0.25, 0.3) is 10.0 Å². The lowest BCUT2D eigenvalue weighted by atomic mass is 10.1. The molecule has 1 aliphatic rings. The standard InChI is InChI=1S/C16H16FN3O3S/c1-18-10-3-2-4-11(7-10)24(22,23)20-16(21)14-8-13(14)12-5-6-19-9-15(12)17/h2-7,9,13-14,18H,8H2,1H3,(H,20,21)/t13-,14+/m0/s1. The summed E-state index contributed by atoms with van der Waals surface area (Å²) in [6.45, 7) is 0. The average Bonchev–Trinajstić information content (AvgIpc) is 3.35. The highest BCUT2D eigenvalue weighted by Crippen LogP contribution is 2.48. The highest BCUT2D eigenvalue weighted by atomic mass is 32.2. The molecule has 2 N–H and O–H groups in total. The third kappa shape index (κ3) is 3.23. The van der Waals surface area contributed by atoms with Crippen LogP contribution < -0.4 is 10.0 Å². The summed E-state index contributed by atoms with van der Waals surface area (Å²) >= 11 is 0. The van der Waals surface area contributed by atoms with Crippen LogP contribution in [-0.4, -0.2) is 26.4 Å². The molecular weight excluding hydrogens is 333 g/mol. The molecule has 1 saturated carbocycles. The number of pyridine rings is 1. The van der Waals surface area contributed by atoms with Crippen molar-refractivity contribution in [1.29, 1.82) is 0 Å². The van der Waals surface area contributed by atoms with Gasteiger partial charge in [-0.25, -0.2) is 17.5 Å². The largest absolute Gasteiger partial charge is 0.388 e. The molecule has 126 valence electrons. The number of anilines is 1. The molecule has 0 spiro atoms. The van der Waals surface area contributed by atoms with Crippen LogP contribution >= 0.6 is 0 Å². The van der Waals surface area contributed by atoms with Crippen LogP contribution in [0.4, 0.5) is 10.1 Å². The first-order valence-electron chi connectivity index (χ1n) is 7.36. The van der Waals surface area contributed by atoms with Crippen molar-refractivity contribution in [1.82, 2.24) is 9.71 Å². The van der Waals surface area contributed by atoms with Crippen LogP contribution in [-0.2, 0) is 14.8 Å². The van der Waals surface area contributed by atoms with Gasteiger partial charge in [0, 0.05) is 24.8 Å². The maximum Gasteiger partial charge on any atom is 0.264 e. The van der Waals surface area contributed by atoms with E-state index in [4.69, 9.17) is 0 Å². The number of hydrogen-bond acceptors (Lipinski definition) is 5. The number of nitrogens with zero attached hydrogens (tertiary/aromatic N) is 1. The number of carbonyl (C=O) groups excluding carboxylic acids is 1. The summed E-state index contributed by atoms with van der Waals surface area (Å²) in [6, 6.07) is 7.64. The van der Waals surface area contributed by atoms with Gasteiger partial charge in [0.05, 0.1) is 11.1 Å². The first-order valence-corrected chi connectivity index (χ1v) is 8.84. The number of hydrogen-bond donors (Lipinski definition) is 2. The fraction of sp³-hybridized carbons (Fsp3) is 0.250. The third-order valence-corrected chi connectivity index (χ3v) is 5.34. The predicted octanol–water partition coefficient (Wildman–Crippen LogP) is 1.87. The van der Waals surface area contributed by atoms with E-state index in [9.17, 15) is 17.6 Å². The van der Waals surface area contributed by atoms with Gasteiger partial charge in [-0.3, -0.25) is 9.78 Å². The zero-order valence-corrected chi connectivity index (χ0v) is 13.7. The summed E-state index contributed by atoms with van der Waals surface area (Å²) in [6.07, 6.45) is 2.95. The second kappa shape index (κ2) is 6.20. The van der Waals surface area contributed by atoms with Crippen LogP contribution in [0.2, 0.25) is 0 Å². The summed E-state index contributed by atoms with van der Waals surface area (Å²) in [5.74, 6) is -1.97. The third-order valence-electron chi connectivity index (χ3n) is 4.00. The lowest BCUT2D eigenvalue weighted by molar-refractivity contribution is -0.120. The highest BCUT2D eigenvalue weighted by molar-refractivity contribution is 7.90. The molecule has 2 atom stereocenters. The maximum absolute atomic E-state index is 13.7. The van der Waals surface area contributed by atoms with Crippen LogP contribution in [0.1, 0.15) is 17.9 Å². The fourth-order valence-corrected chi connectivity index (χ4v) is 3.67. The van der Waals surface area contributed by atoms with Gasteiger partial charge in [-0.05, 0) is 42.2 Å². The van der Waals surface area contributed by atoms with Crippen molar-refractivity contribution in [2.24, 2.45) is 5.92 Å². The number of rotatable bonds is 5. The van der Waals surface area contributed by atoms with E-state index in [1.54, 1.807) is 19.2 Å². The van der Waals surface area contributed by atoms with E-state index in [0.29, 0.717) is 17.7 Å². The Balaban J connectivity index is 1.72. The molecular formula is C16H16FN3O3S. The molecule has 1 aromatic heterocycles. The molecule has 2 aromatic rings. The van der Waals surface area contributed by atoms with Gasteiger partial charge in [0.2, 0.25) is 5.91 Å². The molecule has 0 radical (unpaired) electrons. The fourth-order valence-electron chi connectivity index (χ4n) is 2.60. The number of halogens is 1. The van der Waals surface area contributed by atoms with Crippen molar-refractivity contribution in [2.75, 3.05) is 12.4 Å². The number of amides is 1. The van der Waals surface area contributed by atoms with Gasteiger partial charge < -0.3 is 5.32 Å². The molecule has 1 aliphatic carbocycles. The molecule has 6 nitrogen and oxygen atoms in total. The lowest BCUT2D eigenvalue weighted by Crippen LogP contribution is -2.32. The molecule has 0 bridgehead atoms. The first-order chi connectivity index (χ1) is 11.4. The summed E-state index contributed by atoms with van der Waals surface area (Å²) in [5, 5.41) is 2.84. The molecule has 1 aromatic carbocycles. The van der Waals surface area contributed by atoms with Crippen molar-refractivity contribution in [3.63, 3.8) is 0 Å². The van der Waals surface area contributed by atoms with Crippen LogP contribution in [0.15, 0.2) is 47.6 Å². The van der Waals surface area contributed by atoms with Gasteiger partial charge in [0.1, 0.15) is 5.82 Å². The van der Waals surface area contributed by atoms with Gasteiger partial charge >= 0.3 is 0 Å². The van der Waals surface area contributed by atoms with Crippen LogP contribution in [0.25, 0.3) is 0 Å². The molecule has 8 heteroatoms. The lowest BCUT2D eigenvalue weighted by Gasteiger charge is -2.08. The monoisotopic (exact) mass is 349 g/mol. The van der Waals surface area contributed by atoms with Crippen LogP contribution in [0, 0.1) is 11.7 Å². The Labute approximate surface area is 139 Å². The number of aromatic nitrogens is 1. The van der Waals surface area contributed by atoms with Gasteiger partial charge in [-0.2, -0.15) is 0 Å². The van der Waals surface area contributed by atoms with Crippen molar-refractivity contribution in [3.05, 3.63) is 54.1 Å². The Morgan fingerprint density at radius 3 is 2.83 bits per heavy atom. The van der Waals surface area contributed by atoms with E-state index in [1.807, 2.05) is 0 Å². The molecule has 24 heavy (non-hydrogen) atoms. The maximum atomic E-state index is 13.7. The van der Waals surface area contributed by atoms with Crippen LogP contribution in [0.5, 0.6) is 0 Å². The highest BCUT2D eigenvalue weighted by Gasteiger charge is 2.46. The Bertz CT molecular complexity index is 886. The normalized spacial score (nSPS) is 19.6. The van der Waals surface area contributed by atoms with E-state index in [2.05, 4.69) is 15.0 Å². The second-order valence-electron chi connectivity index (χ2n) is 5.59. The predicted molar refractivity (Wildman–Crippen MR) is 86.4 cm³/mol. The van der Waals surface area contributed by atoms with Gasteiger partial charge in [-0.1, -0.05) is 6.07 Å². The molecule has 1 heterocycles. The van der Waals surface area contributed by atoms with Crippen molar-refractivity contribution in [3.8, 4) is 0 Å². The van der Waals surface area contributed by atoms with Crippen molar-refractivity contribution >= 4 is 21.6 Å². The number of nitrogens with one attached hydrogen (secondary N) is 2. The molecule has 0 unspecified atom stereocenters. The van der Waals surface area contributed by atoms with Gasteiger partial charge in [0.15, 0.2) is 0 Å². The van der Waals surface area contributed by atoms with E-state index >= 15 is 0 Å². The molecule has 3 rings (SSSR count). The smallest absolute Gasteiger partial charge is 0.264 e. The molecule has 1 amide bonds. The Kier molecular flexibility index (Phi) is 4.23. The average molecular weight is 349 g/mol. The molecule has 1 fully saturated rings. The SMILES string of the molecule is CNc1cccc(S(=O)(=O)NC(=O)[C@@H]2C[C@H]2c2ccncc2F)c1. The molecule has 0 saturated heterocycles. The summed E-state index contributed by atoms with van der Waals surface area (Å²) in [7, 11) is -2.29. The van der Waals surface area contributed by atoms with E-state index in [-0.39, 0.29) is 10.8 Å². The summed E-state index contributed by atoms with van der Waals surface area (Å²) in [5.41, 5.74) is 1.01. The quantitative estimate of drug-likeness (QED) is 0.860. The van der Waals surface area contributed by atoms with Crippen LogP contribution in [0.3, 0.4) is 0 Å². The minimum Gasteiger partial charge on any atom is -0.388 e. The minimum atomic E-state index is -3.96. The van der Waals surface area contributed by atoms with E-state index in [0.717, 1.165) is 6.20 Å². The topological polar surface area (TPSA) is 88.2 Å². The van der Waals surface area contributed by atoms with Crippen molar-refractivity contribution in [2.45, 2.75) is 17.2 Å². The number of sulfonamides is 1. The minimum absolute atomic E-state index is 0.00464. The van der Waals surface area contributed by atoms with Gasteiger partial charge in [-0.15, -0.1) is 0 Å². The number of benzene rings is 1. The first kappa shape index (κ1) is 16.4. The van der Waals surface area contributed by atoms with E-state index < -0.39 is 27.7 Å². The Hall–Kier alpha value is -2.48. The Morgan fingerprint density at radius 2 is 2.12 bits per heavy atom. The van der Waals surface area contributed by atoms with E-state index in [1.165, 1.54) is 24.4 Å². The number of carbonyl (C=O) groups is 1.